The molecule has 0 aromatic rings. The molecule has 0 aliphatic heterocycles. The van der Waals surface area contributed by atoms with Crippen LogP contribution in [-0.2, 0) is 0 Å². The molecule has 3 nitrogen and oxygen atoms in total. The van der Waals surface area contributed by atoms with Crippen molar-refractivity contribution in [1.29, 1.82) is 0 Å². The Labute approximate surface area is 158 Å². The molecule has 0 aromatic heterocycles. The second kappa shape index (κ2) is 18.7. The molecule has 0 bridgehead atoms. The van der Waals surface area contributed by atoms with Crippen molar-refractivity contribution in [2.75, 3.05) is 6.54 Å². The van der Waals surface area contributed by atoms with Gasteiger partial charge < -0.3 is 15.5 Å². The van der Waals surface area contributed by atoms with Crippen LogP contribution in [0.3, 0.4) is 0 Å². The smallest absolute Gasteiger partial charge is 0.0665 e. The summed E-state index contributed by atoms with van der Waals surface area (Å²) >= 11 is 0. The molecule has 0 radical (unpaired) electrons. The molecule has 0 aromatic carbocycles. The van der Waals surface area contributed by atoms with Gasteiger partial charge >= 0.3 is 0 Å². The number of aliphatic hydroxyl groups is 2. The van der Waals surface area contributed by atoms with Gasteiger partial charge in [0.2, 0.25) is 0 Å². The fourth-order valence-corrected chi connectivity index (χ4v) is 3.39. The predicted octanol–water partition coefficient (Wildman–Crippen LogP) is 5.58. The maximum Gasteiger partial charge on any atom is 0.0665 e. The summed E-state index contributed by atoms with van der Waals surface area (Å²) < 4.78 is 0. The largest absolute Gasteiger partial charge is 0.392 e. The Balaban J connectivity index is 3.31. The van der Waals surface area contributed by atoms with E-state index in [1.54, 1.807) is 6.92 Å². The number of unbranched alkanes of at least 4 members (excludes halogenated alkanes) is 13. The second-order valence-electron chi connectivity index (χ2n) is 7.99. The van der Waals surface area contributed by atoms with Crippen molar-refractivity contribution in [3.8, 4) is 0 Å². The molecular formula is C22H47NO2. The Morgan fingerprint density at radius 2 is 1.04 bits per heavy atom. The van der Waals surface area contributed by atoms with Crippen LogP contribution >= 0.6 is 0 Å². The first-order valence-corrected chi connectivity index (χ1v) is 11.2. The molecule has 3 atom stereocenters. The van der Waals surface area contributed by atoms with Gasteiger partial charge in [0.05, 0.1) is 12.2 Å². The molecule has 0 amide bonds. The van der Waals surface area contributed by atoms with Crippen LogP contribution in [0.1, 0.15) is 117 Å². The summed E-state index contributed by atoms with van der Waals surface area (Å²) in [6, 6.07) is 0.118. The standard InChI is InChI=1S/C22H47NO2/c1-4-5-6-7-8-9-10-11-12-13-14-15-16-17-18-22(21(3)25)23-19-20(2)24/h20-25H,4-19H2,1-3H3. The van der Waals surface area contributed by atoms with Crippen molar-refractivity contribution in [3.63, 3.8) is 0 Å². The molecule has 0 spiro atoms. The minimum absolute atomic E-state index is 0.118. The number of hydrogen-bond acceptors (Lipinski definition) is 3. The number of nitrogens with one attached hydrogen (secondary N) is 1. The van der Waals surface area contributed by atoms with E-state index in [9.17, 15) is 10.2 Å². The lowest BCUT2D eigenvalue weighted by molar-refractivity contribution is 0.121. The zero-order valence-corrected chi connectivity index (χ0v) is 17.4. The molecule has 3 heteroatoms. The van der Waals surface area contributed by atoms with Gasteiger partial charge in [0.1, 0.15) is 0 Å². The highest BCUT2D eigenvalue weighted by Crippen LogP contribution is 2.14. The van der Waals surface area contributed by atoms with Crippen molar-refractivity contribution in [2.24, 2.45) is 0 Å². The van der Waals surface area contributed by atoms with Crippen LogP contribution in [0, 0.1) is 0 Å². The minimum Gasteiger partial charge on any atom is -0.392 e. The lowest BCUT2D eigenvalue weighted by Crippen LogP contribution is -2.41. The van der Waals surface area contributed by atoms with Crippen LogP contribution in [0.2, 0.25) is 0 Å². The predicted molar refractivity (Wildman–Crippen MR) is 110 cm³/mol. The average Bonchev–Trinajstić information content (AvgIpc) is 2.57. The molecule has 0 rings (SSSR count). The third-order valence-electron chi connectivity index (χ3n) is 5.13. The molecule has 0 aliphatic carbocycles. The Bertz CT molecular complexity index is 256. The number of hydrogen-bond donors (Lipinski definition) is 3. The van der Waals surface area contributed by atoms with Gasteiger partial charge in [0, 0.05) is 12.6 Å². The van der Waals surface area contributed by atoms with Crippen LogP contribution < -0.4 is 5.32 Å². The first-order chi connectivity index (χ1) is 12.1. The van der Waals surface area contributed by atoms with Crippen LogP contribution in [0.25, 0.3) is 0 Å². The van der Waals surface area contributed by atoms with E-state index in [4.69, 9.17) is 0 Å². The third kappa shape index (κ3) is 18.5. The zero-order valence-electron chi connectivity index (χ0n) is 17.4. The summed E-state index contributed by atoms with van der Waals surface area (Å²) in [5, 5.41) is 22.4. The highest BCUT2D eigenvalue weighted by molar-refractivity contribution is 4.73. The monoisotopic (exact) mass is 357 g/mol. The normalized spacial score (nSPS) is 15.2. The molecular weight excluding hydrogens is 310 g/mol. The van der Waals surface area contributed by atoms with E-state index in [2.05, 4.69) is 12.2 Å². The Morgan fingerprint density at radius 3 is 1.40 bits per heavy atom. The summed E-state index contributed by atoms with van der Waals surface area (Å²) in [5.74, 6) is 0. The molecule has 25 heavy (non-hydrogen) atoms. The van der Waals surface area contributed by atoms with Gasteiger partial charge in [-0.15, -0.1) is 0 Å². The molecule has 152 valence electrons. The molecule has 0 saturated heterocycles. The Kier molecular flexibility index (Phi) is 18.6. The summed E-state index contributed by atoms with van der Waals surface area (Å²) in [6.07, 6.45) is 19.5. The van der Waals surface area contributed by atoms with Gasteiger partial charge in [0.25, 0.3) is 0 Å². The van der Waals surface area contributed by atoms with E-state index < -0.39 is 0 Å². The van der Waals surface area contributed by atoms with Crippen molar-refractivity contribution < 1.29 is 10.2 Å². The SMILES string of the molecule is CCCCCCCCCCCCCCCCC(NCC(C)O)C(C)O. The van der Waals surface area contributed by atoms with Crippen LogP contribution in [-0.4, -0.2) is 35.0 Å². The quantitative estimate of drug-likeness (QED) is 0.265. The fourth-order valence-electron chi connectivity index (χ4n) is 3.39. The lowest BCUT2D eigenvalue weighted by Gasteiger charge is -2.22. The van der Waals surface area contributed by atoms with E-state index in [-0.39, 0.29) is 18.2 Å². The van der Waals surface area contributed by atoms with Gasteiger partial charge in [-0.1, -0.05) is 96.8 Å². The number of aliphatic hydroxyl groups excluding tert-OH is 2. The van der Waals surface area contributed by atoms with Crippen LogP contribution in [0.5, 0.6) is 0 Å². The minimum atomic E-state index is -0.349. The van der Waals surface area contributed by atoms with E-state index in [1.807, 2.05) is 6.92 Å². The highest BCUT2D eigenvalue weighted by atomic mass is 16.3. The van der Waals surface area contributed by atoms with Gasteiger partial charge in [0.15, 0.2) is 0 Å². The molecule has 0 aliphatic rings. The van der Waals surface area contributed by atoms with Crippen molar-refractivity contribution in [3.05, 3.63) is 0 Å². The first-order valence-electron chi connectivity index (χ1n) is 11.2. The van der Waals surface area contributed by atoms with E-state index in [1.165, 1.54) is 89.9 Å². The molecule has 0 heterocycles. The van der Waals surface area contributed by atoms with E-state index in [0.717, 1.165) is 6.42 Å². The molecule has 0 saturated carbocycles. The Morgan fingerprint density at radius 1 is 0.640 bits per heavy atom. The highest BCUT2D eigenvalue weighted by Gasteiger charge is 2.14. The maximum atomic E-state index is 9.78. The van der Waals surface area contributed by atoms with Gasteiger partial charge in [-0.05, 0) is 20.3 Å². The first kappa shape index (κ1) is 24.9. The van der Waals surface area contributed by atoms with Crippen LogP contribution in [0.4, 0.5) is 0 Å². The number of rotatable bonds is 19. The fraction of sp³-hybridized carbons (Fsp3) is 1.00. The molecule has 3 N–H and O–H groups in total. The van der Waals surface area contributed by atoms with Gasteiger partial charge in [-0.2, -0.15) is 0 Å². The summed E-state index contributed by atoms with van der Waals surface area (Å²) in [7, 11) is 0. The summed E-state index contributed by atoms with van der Waals surface area (Å²) in [5.41, 5.74) is 0. The zero-order chi connectivity index (χ0) is 18.8. The van der Waals surface area contributed by atoms with Crippen LogP contribution in [0.15, 0.2) is 0 Å². The molecule has 3 unspecified atom stereocenters. The summed E-state index contributed by atoms with van der Waals surface area (Å²) in [6.45, 7) is 6.45. The van der Waals surface area contributed by atoms with E-state index in [0.29, 0.717) is 6.54 Å². The average molecular weight is 358 g/mol. The van der Waals surface area contributed by atoms with E-state index >= 15 is 0 Å². The maximum absolute atomic E-state index is 9.78. The second-order valence-corrected chi connectivity index (χ2v) is 7.99. The Hall–Kier alpha value is -0.120. The molecule has 0 fully saturated rings. The van der Waals surface area contributed by atoms with Crippen molar-refractivity contribution in [2.45, 2.75) is 135 Å². The van der Waals surface area contributed by atoms with Crippen molar-refractivity contribution in [1.82, 2.24) is 5.32 Å². The lowest BCUT2D eigenvalue weighted by atomic mass is 10.0. The summed E-state index contributed by atoms with van der Waals surface area (Å²) in [4.78, 5) is 0. The van der Waals surface area contributed by atoms with Crippen molar-refractivity contribution >= 4 is 0 Å². The van der Waals surface area contributed by atoms with Gasteiger partial charge in [-0.25, -0.2) is 0 Å². The van der Waals surface area contributed by atoms with Gasteiger partial charge in [-0.3, -0.25) is 0 Å². The third-order valence-corrected chi connectivity index (χ3v) is 5.13. The topological polar surface area (TPSA) is 52.5 Å².